The molecule has 384 valence electrons. The third-order valence-electron chi connectivity index (χ3n) is 9.32. The van der Waals surface area contributed by atoms with Crippen molar-refractivity contribution in [3.05, 3.63) is 0 Å². The second kappa shape index (κ2) is 44.6. The van der Waals surface area contributed by atoms with Crippen LogP contribution < -0.4 is 16.4 Å². The minimum absolute atomic E-state index is 0.0737. The molecule has 0 aromatic carbocycles. The van der Waals surface area contributed by atoms with Gasteiger partial charge in [-0.3, -0.25) is 33.7 Å². The van der Waals surface area contributed by atoms with Gasteiger partial charge in [-0.05, 0) is 26.3 Å². The number of nitrogens with two attached hydrogens (primary N) is 1. The number of hydrogen-bond donors (Lipinski definition) is 4. The van der Waals surface area contributed by atoms with Crippen LogP contribution in [0.5, 0.6) is 0 Å². The quantitative estimate of drug-likeness (QED) is 0.0461. The molecule has 66 heavy (non-hydrogen) atoms. The summed E-state index contributed by atoms with van der Waals surface area (Å²) in [5.74, 6) is -1.60. The average molecular weight is 971 g/mol. The predicted octanol–water partition coefficient (Wildman–Crippen LogP) is -0.00630. The highest BCUT2D eigenvalue weighted by Gasteiger charge is 2.39. The van der Waals surface area contributed by atoms with Gasteiger partial charge in [0.1, 0.15) is 12.4 Å². The number of primary amides is 1. The van der Waals surface area contributed by atoms with Crippen molar-refractivity contribution in [3.63, 3.8) is 0 Å². The fraction of sp³-hybridized carbons (Fsp3) is 0.860. The van der Waals surface area contributed by atoms with Crippen molar-refractivity contribution in [2.75, 3.05) is 171 Å². The summed E-state index contributed by atoms with van der Waals surface area (Å²) in [6, 6.07) is -0.564. The second-order valence-electron chi connectivity index (χ2n) is 14.6. The van der Waals surface area contributed by atoms with Gasteiger partial charge >= 0.3 is 5.97 Å². The van der Waals surface area contributed by atoms with Gasteiger partial charge in [0.15, 0.2) is 0 Å². The summed E-state index contributed by atoms with van der Waals surface area (Å²) < 4.78 is 60.1. The largest absolute Gasteiger partial charge is 0.481 e. The molecule has 0 aromatic rings. The molecule has 0 saturated carbocycles. The summed E-state index contributed by atoms with van der Waals surface area (Å²) >= 11 is 1.25. The van der Waals surface area contributed by atoms with Gasteiger partial charge in [0.25, 0.3) is 0 Å². The van der Waals surface area contributed by atoms with Crippen molar-refractivity contribution in [1.29, 1.82) is 0 Å². The standard InChI is InChI=1S/C43H78N4O18S/c1-45-37(42(44)53)35-66-38-33-40(50)47(43(38)54)11-12-55-13-14-56-15-16-57-17-18-58-19-20-59-21-22-60-23-24-61-25-26-62-27-28-63-29-30-64-31-32-65-34-39(49)46-10-6-8-36(48)7-4-2-3-5-9-41(51)52/h37-38,45H,2-35H2,1H3,(H2,44,53)(H,46,49)(H,51,52). The molecule has 5 N–H and O–H groups in total. The van der Waals surface area contributed by atoms with Crippen LogP contribution in [0.25, 0.3) is 0 Å². The van der Waals surface area contributed by atoms with Crippen molar-refractivity contribution < 1.29 is 86.0 Å². The lowest BCUT2D eigenvalue weighted by atomic mass is 10.1. The fourth-order valence-electron chi connectivity index (χ4n) is 5.70. The Morgan fingerprint density at radius 1 is 0.606 bits per heavy atom. The van der Waals surface area contributed by atoms with Gasteiger partial charge in [-0.25, -0.2) is 0 Å². The SMILES string of the molecule is CNC(CSC1CC(=O)N(CCOCCOCCOCCOCCOCCOCCOCCOCCOCCOCCOCC(=O)NCCCC(=O)CCCCCCC(=O)O)C1=O)C(N)=O. The van der Waals surface area contributed by atoms with E-state index in [1.54, 1.807) is 7.05 Å². The normalized spacial score (nSPS) is 14.3. The highest BCUT2D eigenvalue weighted by atomic mass is 32.2. The third kappa shape index (κ3) is 37.1. The predicted molar refractivity (Wildman–Crippen MR) is 241 cm³/mol. The van der Waals surface area contributed by atoms with E-state index >= 15 is 0 Å². The van der Waals surface area contributed by atoms with Crippen molar-refractivity contribution in [2.45, 2.75) is 69.1 Å². The third-order valence-corrected chi connectivity index (χ3v) is 10.6. The number of rotatable bonds is 51. The lowest BCUT2D eigenvalue weighted by Crippen LogP contribution is -2.42. The van der Waals surface area contributed by atoms with E-state index in [0.717, 1.165) is 19.3 Å². The zero-order valence-electron chi connectivity index (χ0n) is 39.0. The molecule has 0 radical (unpaired) electrons. The first kappa shape index (κ1) is 61.1. The van der Waals surface area contributed by atoms with Crippen molar-refractivity contribution in [3.8, 4) is 0 Å². The maximum atomic E-state index is 12.5. The van der Waals surface area contributed by atoms with Crippen molar-refractivity contribution >= 4 is 47.1 Å². The van der Waals surface area contributed by atoms with Crippen LogP contribution in [0.3, 0.4) is 0 Å². The van der Waals surface area contributed by atoms with Gasteiger partial charge in [0, 0.05) is 38.0 Å². The summed E-state index contributed by atoms with van der Waals surface area (Å²) in [6.07, 6.45) is 4.81. The molecule has 1 saturated heterocycles. The summed E-state index contributed by atoms with van der Waals surface area (Å²) in [6.45, 7) is 8.90. The molecule has 0 aromatic heterocycles. The smallest absolute Gasteiger partial charge is 0.303 e. The Morgan fingerprint density at radius 3 is 1.41 bits per heavy atom. The van der Waals surface area contributed by atoms with Crippen LogP contribution in [-0.2, 0) is 80.9 Å². The van der Waals surface area contributed by atoms with E-state index in [1.165, 1.54) is 16.7 Å². The average Bonchev–Trinajstić information content (AvgIpc) is 3.56. The van der Waals surface area contributed by atoms with E-state index in [4.69, 9.17) is 62.9 Å². The van der Waals surface area contributed by atoms with Gasteiger partial charge in [0.2, 0.25) is 23.6 Å². The minimum atomic E-state index is -0.791. The van der Waals surface area contributed by atoms with Crippen LogP contribution in [0.4, 0.5) is 0 Å². The van der Waals surface area contributed by atoms with Crippen LogP contribution in [0, 0.1) is 0 Å². The molecule has 1 aliphatic rings. The van der Waals surface area contributed by atoms with Gasteiger partial charge < -0.3 is 73.6 Å². The molecule has 0 bridgehead atoms. The summed E-state index contributed by atoms with van der Waals surface area (Å²) in [5, 5.41) is 13.6. The molecule has 22 nitrogen and oxygen atoms in total. The number of amides is 4. The molecule has 1 heterocycles. The van der Waals surface area contributed by atoms with Crippen LogP contribution in [-0.4, -0.2) is 228 Å². The highest BCUT2D eigenvalue weighted by Crippen LogP contribution is 2.25. The van der Waals surface area contributed by atoms with Gasteiger partial charge in [-0.1, -0.05) is 12.8 Å². The fourth-order valence-corrected chi connectivity index (χ4v) is 6.99. The van der Waals surface area contributed by atoms with E-state index < -0.39 is 23.2 Å². The zero-order chi connectivity index (χ0) is 48.1. The number of Topliss-reactive ketones (excluding diaryl/α,β-unsaturated/α-hetero) is 1. The van der Waals surface area contributed by atoms with E-state index in [-0.39, 0.29) is 62.7 Å². The number of aliphatic carboxylic acids is 1. The van der Waals surface area contributed by atoms with E-state index in [1.807, 2.05) is 0 Å². The van der Waals surface area contributed by atoms with Crippen LogP contribution >= 0.6 is 11.8 Å². The number of ether oxygens (including phenoxy) is 11. The number of carbonyl (C=O) groups excluding carboxylic acids is 5. The summed E-state index contributed by atoms with van der Waals surface area (Å²) in [4.78, 5) is 71.6. The Hall–Kier alpha value is -2.91. The maximum absolute atomic E-state index is 12.5. The number of carboxylic acid groups (broad SMARTS) is 1. The Balaban J connectivity index is 1.71. The summed E-state index contributed by atoms with van der Waals surface area (Å²) in [7, 11) is 1.62. The Bertz CT molecular complexity index is 1270. The molecular weight excluding hydrogens is 893 g/mol. The molecule has 0 spiro atoms. The number of hydrogen-bond acceptors (Lipinski definition) is 19. The lowest BCUT2D eigenvalue weighted by molar-refractivity contribution is -0.139. The monoisotopic (exact) mass is 971 g/mol. The summed E-state index contributed by atoms with van der Waals surface area (Å²) in [5.41, 5.74) is 5.31. The molecule has 23 heteroatoms. The van der Waals surface area contributed by atoms with Gasteiger partial charge in [-0.2, -0.15) is 0 Å². The van der Waals surface area contributed by atoms with Gasteiger partial charge in [-0.15, -0.1) is 11.8 Å². The second-order valence-corrected chi connectivity index (χ2v) is 15.9. The number of ketones is 1. The number of thioether (sulfide) groups is 1. The molecule has 4 amide bonds. The molecule has 1 fully saturated rings. The topological polar surface area (TPSA) is 278 Å². The Labute approximate surface area is 393 Å². The van der Waals surface area contributed by atoms with E-state index in [2.05, 4.69) is 10.6 Å². The Morgan fingerprint density at radius 2 is 1.00 bits per heavy atom. The molecule has 0 aliphatic carbocycles. The number of likely N-dealkylation sites (N-methyl/N-ethyl adjacent to an activating group) is 1. The van der Waals surface area contributed by atoms with Crippen molar-refractivity contribution in [2.24, 2.45) is 5.73 Å². The maximum Gasteiger partial charge on any atom is 0.303 e. The molecule has 1 aliphatic heterocycles. The molecule has 1 rings (SSSR count). The number of carbonyl (C=O) groups is 6. The first-order chi connectivity index (χ1) is 32.1. The first-order valence-corrected chi connectivity index (χ1v) is 24.0. The number of nitrogens with one attached hydrogen (secondary N) is 2. The molecular formula is C43H78N4O18S. The first-order valence-electron chi connectivity index (χ1n) is 22.9. The van der Waals surface area contributed by atoms with Crippen LogP contribution in [0.15, 0.2) is 0 Å². The van der Waals surface area contributed by atoms with Gasteiger partial charge in [0.05, 0.1) is 157 Å². The number of imide groups is 1. The zero-order valence-corrected chi connectivity index (χ0v) is 39.8. The highest BCUT2D eigenvalue weighted by molar-refractivity contribution is 8.00. The number of likely N-dealkylation sites (tertiary alicyclic amines) is 1. The van der Waals surface area contributed by atoms with E-state index in [9.17, 15) is 28.8 Å². The molecule has 2 unspecified atom stereocenters. The van der Waals surface area contributed by atoms with Crippen molar-refractivity contribution in [1.82, 2.24) is 15.5 Å². The number of carboxylic acids is 1. The number of nitrogens with zero attached hydrogens (tertiary/aromatic N) is 1. The van der Waals surface area contributed by atoms with Crippen LogP contribution in [0.2, 0.25) is 0 Å². The number of unbranched alkanes of at least 4 members (excludes halogenated alkanes) is 3. The lowest BCUT2D eigenvalue weighted by Gasteiger charge is -2.16. The van der Waals surface area contributed by atoms with E-state index in [0.29, 0.717) is 164 Å². The Kier molecular flexibility index (Phi) is 41.3. The molecule has 2 atom stereocenters. The minimum Gasteiger partial charge on any atom is -0.481 e. The van der Waals surface area contributed by atoms with Crippen LogP contribution in [0.1, 0.15) is 57.8 Å².